The van der Waals surface area contributed by atoms with Gasteiger partial charge in [-0.1, -0.05) is 36.5 Å². The summed E-state index contributed by atoms with van der Waals surface area (Å²) in [5.41, 5.74) is 0.872. The zero-order valence-electron chi connectivity index (χ0n) is 11.3. The lowest BCUT2D eigenvalue weighted by Gasteiger charge is -2.13. The fourth-order valence-corrected chi connectivity index (χ4v) is 2.23. The van der Waals surface area contributed by atoms with Crippen LogP contribution < -0.4 is 10.3 Å². The van der Waals surface area contributed by atoms with E-state index in [1.165, 1.54) is 0 Å². The second-order valence-electron chi connectivity index (χ2n) is 4.67. The van der Waals surface area contributed by atoms with Crippen molar-refractivity contribution in [1.82, 2.24) is 5.32 Å². The van der Waals surface area contributed by atoms with Crippen molar-refractivity contribution in [3.8, 4) is 0 Å². The van der Waals surface area contributed by atoms with E-state index in [-0.39, 0.29) is 5.91 Å². The molecular formula is C14H17Cl2N3O. The van der Waals surface area contributed by atoms with Crippen LogP contribution in [0.15, 0.2) is 23.3 Å². The quantitative estimate of drug-likeness (QED) is 0.918. The second-order valence-corrected chi connectivity index (χ2v) is 5.48. The molecule has 0 unspecified atom stereocenters. The third-order valence-corrected chi connectivity index (χ3v) is 3.78. The van der Waals surface area contributed by atoms with Crippen molar-refractivity contribution in [2.45, 2.75) is 32.6 Å². The molecule has 2 rings (SSSR count). The van der Waals surface area contributed by atoms with Crippen LogP contribution in [0.2, 0.25) is 10.0 Å². The predicted molar refractivity (Wildman–Crippen MR) is 83.5 cm³/mol. The molecule has 20 heavy (non-hydrogen) atoms. The molecule has 0 aliphatic carbocycles. The molecule has 1 heterocycles. The third-order valence-electron chi connectivity index (χ3n) is 3.04. The molecule has 0 bridgehead atoms. The summed E-state index contributed by atoms with van der Waals surface area (Å²) in [7, 11) is 0. The van der Waals surface area contributed by atoms with E-state index in [0.29, 0.717) is 22.3 Å². The monoisotopic (exact) mass is 313 g/mol. The number of nitrogens with one attached hydrogen (secondary N) is 1. The average molecular weight is 314 g/mol. The second kappa shape index (κ2) is 6.95. The Morgan fingerprint density at radius 1 is 1.40 bits per heavy atom. The van der Waals surface area contributed by atoms with Gasteiger partial charge in [0.25, 0.3) is 0 Å². The summed E-state index contributed by atoms with van der Waals surface area (Å²) < 4.78 is 0. The molecule has 1 amide bonds. The van der Waals surface area contributed by atoms with Gasteiger partial charge in [0.1, 0.15) is 5.84 Å². The first-order chi connectivity index (χ1) is 9.60. The molecule has 1 aromatic carbocycles. The SMILES string of the molecule is CCCCC(=O)NC1=NN(c2ccc(Cl)c(Cl)c2)CC1. The van der Waals surface area contributed by atoms with Crippen LogP contribution in [0.3, 0.4) is 0 Å². The molecule has 1 aromatic rings. The van der Waals surface area contributed by atoms with Gasteiger partial charge in [-0.15, -0.1) is 0 Å². The highest BCUT2D eigenvalue weighted by Gasteiger charge is 2.18. The van der Waals surface area contributed by atoms with E-state index in [1.54, 1.807) is 12.1 Å². The van der Waals surface area contributed by atoms with E-state index in [9.17, 15) is 4.79 Å². The normalized spacial score (nSPS) is 14.3. The molecule has 0 spiro atoms. The van der Waals surface area contributed by atoms with Gasteiger partial charge < -0.3 is 5.32 Å². The summed E-state index contributed by atoms with van der Waals surface area (Å²) in [4.78, 5) is 11.7. The minimum Gasteiger partial charge on any atom is -0.313 e. The minimum absolute atomic E-state index is 0.0292. The van der Waals surface area contributed by atoms with Crippen LogP contribution in [0.25, 0.3) is 0 Å². The molecule has 0 atom stereocenters. The highest BCUT2D eigenvalue weighted by atomic mass is 35.5. The molecule has 0 saturated heterocycles. The van der Waals surface area contributed by atoms with Crippen LogP contribution in [-0.2, 0) is 4.79 Å². The molecule has 0 radical (unpaired) electrons. The standard InChI is InChI=1S/C14H17Cl2N3O/c1-2-3-4-14(20)17-13-7-8-19(18-13)10-5-6-11(15)12(16)9-10/h5-6,9H,2-4,7-8H2,1H3,(H,17,18,20). The van der Waals surface area contributed by atoms with Crippen molar-refractivity contribution in [2.75, 3.05) is 11.6 Å². The van der Waals surface area contributed by atoms with Gasteiger partial charge in [-0.3, -0.25) is 9.80 Å². The Kier molecular flexibility index (Phi) is 5.26. The Labute approximate surface area is 128 Å². The number of benzene rings is 1. The maximum absolute atomic E-state index is 11.7. The number of anilines is 1. The molecular weight excluding hydrogens is 297 g/mol. The van der Waals surface area contributed by atoms with Crippen molar-refractivity contribution in [3.63, 3.8) is 0 Å². The number of carbonyl (C=O) groups is 1. The van der Waals surface area contributed by atoms with Crippen LogP contribution >= 0.6 is 23.2 Å². The summed E-state index contributed by atoms with van der Waals surface area (Å²) in [5, 5.41) is 10.1. The molecule has 4 nitrogen and oxygen atoms in total. The fraction of sp³-hybridized carbons (Fsp3) is 0.429. The van der Waals surface area contributed by atoms with E-state index in [0.717, 1.165) is 31.5 Å². The lowest BCUT2D eigenvalue weighted by Crippen LogP contribution is -2.28. The van der Waals surface area contributed by atoms with Gasteiger partial charge in [-0.05, 0) is 24.6 Å². The number of amidine groups is 1. The first-order valence-corrected chi connectivity index (χ1v) is 7.45. The highest BCUT2D eigenvalue weighted by Crippen LogP contribution is 2.28. The molecule has 0 saturated carbocycles. The molecule has 1 N–H and O–H groups in total. The van der Waals surface area contributed by atoms with Crippen LogP contribution in [0.4, 0.5) is 5.69 Å². The summed E-state index contributed by atoms with van der Waals surface area (Å²) in [6.07, 6.45) is 3.17. The van der Waals surface area contributed by atoms with Crippen LogP contribution in [0.1, 0.15) is 32.6 Å². The summed E-state index contributed by atoms with van der Waals surface area (Å²) in [5.74, 6) is 0.735. The summed E-state index contributed by atoms with van der Waals surface area (Å²) >= 11 is 11.9. The number of carbonyl (C=O) groups excluding carboxylic acids is 1. The Morgan fingerprint density at radius 2 is 2.20 bits per heavy atom. The molecule has 1 aliphatic heterocycles. The number of amides is 1. The largest absolute Gasteiger partial charge is 0.313 e. The van der Waals surface area contributed by atoms with E-state index in [1.807, 2.05) is 11.1 Å². The number of halogens is 2. The molecule has 6 heteroatoms. The van der Waals surface area contributed by atoms with Crippen LogP contribution in [0, 0.1) is 0 Å². The van der Waals surface area contributed by atoms with Gasteiger partial charge in [-0.25, -0.2) is 0 Å². The van der Waals surface area contributed by atoms with E-state index >= 15 is 0 Å². The lowest BCUT2D eigenvalue weighted by molar-refractivity contribution is -0.119. The van der Waals surface area contributed by atoms with Crippen LogP contribution in [-0.4, -0.2) is 18.3 Å². The molecule has 0 fully saturated rings. The number of unbranched alkanes of at least 4 members (excludes halogenated alkanes) is 1. The Balaban J connectivity index is 1.99. The minimum atomic E-state index is 0.0292. The Hall–Kier alpha value is -1.26. The van der Waals surface area contributed by atoms with Crippen molar-refractivity contribution < 1.29 is 4.79 Å². The van der Waals surface area contributed by atoms with Gasteiger partial charge in [-0.2, -0.15) is 5.10 Å². The number of rotatable bonds is 4. The Morgan fingerprint density at radius 3 is 2.90 bits per heavy atom. The van der Waals surface area contributed by atoms with Gasteiger partial charge >= 0.3 is 0 Å². The molecule has 0 aromatic heterocycles. The number of hydrazone groups is 1. The number of hydrogen-bond acceptors (Lipinski definition) is 3. The van der Waals surface area contributed by atoms with Gasteiger partial charge in [0.2, 0.25) is 5.91 Å². The average Bonchev–Trinajstić information content (AvgIpc) is 2.88. The van der Waals surface area contributed by atoms with Gasteiger partial charge in [0.15, 0.2) is 0 Å². The summed E-state index contributed by atoms with van der Waals surface area (Å²) in [6.45, 7) is 2.79. The molecule has 1 aliphatic rings. The molecule has 108 valence electrons. The fourth-order valence-electron chi connectivity index (χ4n) is 1.94. The topological polar surface area (TPSA) is 44.7 Å². The van der Waals surface area contributed by atoms with Crippen LogP contribution in [0.5, 0.6) is 0 Å². The van der Waals surface area contributed by atoms with Gasteiger partial charge in [0, 0.05) is 19.4 Å². The number of hydrogen-bond donors (Lipinski definition) is 1. The zero-order valence-corrected chi connectivity index (χ0v) is 12.8. The smallest absolute Gasteiger partial charge is 0.225 e. The Bertz CT molecular complexity index is 531. The highest BCUT2D eigenvalue weighted by molar-refractivity contribution is 6.42. The van der Waals surface area contributed by atoms with Crippen molar-refractivity contribution in [1.29, 1.82) is 0 Å². The van der Waals surface area contributed by atoms with Crippen molar-refractivity contribution >= 4 is 40.6 Å². The van der Waals surface area contributed by atoms with E-state index < -0.39 is 0 Å². The maximum atomic E-state index is 11.7. The predicted octanol–water partition coefficient (Wildman–Crippen LogP) is 3.82. The first-order valence-electron chi connectivity index (χ1n) is 6.70. The summed E-state index contributed by atoms with van der Waals surface area (Å²) in [6, 6.07) is 5.38. The van der Waals surface area contributed by atoms with Crippen molar-refractivity contribution in [3.05, 3.63) is 28.2 Å². The van der Waals surface area contributed by atoms with E-state index in [2.05, 4.69) is 17.3 Å². The third kappa shape index (κ3) is 3.87. The maximum Gasteiger partial charge on any atom is 0.225 e. The zero-order chi connectivity index (χ0) is 14.5. The lowest BCUT2D eigenvalue weighted by atomic mass is 10.2. The first kappa shape index (κ1) is 15.1. The van der Waals surface area contributed by atoms with Gasteiger partial charge in [0.05, 0.1) is 15.7 Å². The van der Waals surface area contributed by atoms with Crippen molar-refractivity contribution in [2.24, 2.45) is 5.10 Å². The number of nitrogens with zero attached hydrogens (tertiary/aromatic N) is 2. The van der Waals surface area contributed by atoms with E-state index in [4.69, 9.17) is 23.2 Å².